The van der Waals surface area contributed by atoms with E-state index in [1.165, 1.54) is 32.2 Å². The van der Waals surface area contributed by atoms with Crippen LogP contribution in [0.1, 0.15) is 19.3 Å². The van der Waals surface area contributed by atoms with Gasteiger partial charge >= 0.3 is 78.1 Å². The molecule has 0 amide bonds. The van der Waals surface area contributed by atoms with Crippen LogP contribution in [0.3, 0.4) is 0 Å². The van der Waals surface area contributed by atoms with Crippen LogP contribution in [0.15, 0.2) is 5.57 Å². The molecule has 1 rings (SSSR count). The van der Waals surface area contributed by atoms with Crippen LogP contribution in [0.25, 0.3) is 0 Å². The van der Waals surface area contributed by atoms with Crippen molar-refractivity contribution in [2.75, 3.05) is 0 Å². The van der Waals surface area contributed by atoms with E-state index in [1.54, 1.807) is 0 Å². The summed E-state index contributed by atoms with van der Waals surface area (Å²) >= 11 is 7.55. The molecule has 1 aliphatic rings. The summed E-state index contributed by atoms with van der Waals surface area (Å²) in [5, 5.41) is 0.117. The van der Waals surface area contributed by atoms with Gasteiger partial charge in [-0.25, -0.2) is 0 Å². The average molecular weight is 509 g/mol. The second kappa shape index (κ2) is 5.84. The molecule has 0 heterocycles. The molecule has 0 radical (unpaired) electrons. The Kier molecular flexibility index (Phi) is 6.52. The summed E-state index contributed by atoms with van der Waals surface area (Å²) in [5.74, 6) is 0.547. The monoisotopic (exact) mass is 509 g/mol. The second-order valence-electron chi connectivity index (χ2n) is 2.67. The van der Waals surface area contributed by atoms with Gasteiger partial charge in [0, 0.05) is 21.1 Å². The molecule has 0 aromatic carbocycles. The van der Waals surface area contributed by atoms with Gasteiger partial charge in [0.2, 0.25) is 0 Å². The number of allylic oxidation sites excluding steroid dienone is 1. The molecule has 2 atom stereocenters. The predicted molar refractivity (Wildman–Crippen MR) is 40.9 cm³/mol. The third-order valence-electron chi connectivity index (χ3n) is 1.91. The molecule has 1 fully saturated rings. The van der Waals surface area contributed by atoms with E-state index in [0.717, 1.165) is 12.0 Å². The van der Waals surface area contributed by atoms with E-state index in [0.29, 0.717) is 5.92 Å². The van der Waals surface area contributed by atoms with Gasteiger partial charge in [-0.3, -0.25) is 0 Å². The Bertz CT molecular complexity index is 156. The Morgan fingerprint density at radius 2 is 2.27 bits per heavy atom. The van der Waals surface area contributed by atoms with Crippen LogP contribution in [-0.4, -0.2) is 9.78 Å². The molecular formula is C8H10ClW2-. The van der Waals surface area contributed by atoms with Crippen LogP contribution in [0.5, 0.6) is 0 Å². The number of hydrogen-bond acceptors (Lipinski definition) is 0. The van der Waals surface area contributed by atoms with Gasteiger partial charge in [0.1, 0.15) is 0 Å². The van der Waals surface area contributed by atoms with Crippen molar-refractivity contribution in [1.29, 1.82) is 0 Å². The fourth-order valence-corrected chi connectivity index (χ4v) is 2.94. The molecule has 1 aliphatic carbocycles. The van der Waals surface area contributed by atoms with Crippen LogP contribution < -0.4 is 0 Å². The van der Waals surface area contributed by atoms with Crippen LogP contribution in [0, 0.1) is 12.5 Å². The van der Waals surface area contributed by atoms with Gasteiger partial charge in [-0.2, -0.15) is 0 Å². The first kappa shape index (κ1) is 12.3. The molecule has 11 heavy (non-hydrogen) atoms. The zero-order chi connectivity index (χ0) is 7.56. The third-order valence-corrected chi connectivity index (χ3v) is 3.77. The number of hydrogen-bond donors (Lipinski definition) is 0. The van der Waals surface area contributed by atoms with Crippen molar-refractivity contribution in [2.45, 2.75) is 24.6 Å². The van der Waals surface area contributed by atoms with Crippen LogP contribution >= 0.6 is 11.6 Å². The fourth-order valence-electron chi connectivity index (χ4n) is 1.24. The maximum atomic E-state index is 6.05. The summed E-state index contributed by atoms with van der Waals surface area (Å²) < 4.78 is 2.24. The Morgan fingerprint density at radius 3 is 2.73 bits per heavy atom. The van der Waals surface area contributed by atoms with Crippen LogP contribution in [0.4, 0.5) is 0 Å². The zero-order valence-electron chi connectivity index (χ0n) is 6.13. The molecule has 0 nitrogen and oxygen atoms in total. The molecule has 0 spiro atoms. The molecule has 0 aromatic heterocycles. The summed E-state index contributed by atoms with van der Waals surface area (Å²) in [4.78, 5) is 0. The minimum absolute atomic E-state index is 0. The van der Waals surface area contributed by atoms with Crippen molar-refractivity contribution in [2.24, 2.45) is 5.92 Å². The Labute approximate surface area is 98.4 Å². The van der Waals surface area contributed by atoms with E-state index in [-0.39, 0.29) is 26.4 Å². The standard InChI is InChI=1S/C8H10Cl.2W/c1-6-4-3-5-7(2)8(6)9;;/h1-2,6,8H,3-5H2;;/q-1;;. The zero-order valence-corrected chi connectivity index (χ0v) is 12.7. The van der Waals surface area contributed by atoms with E-state index in [9.17, 15) is 0 Å². The van der Waals surface area contributed by atoms with Crippen molar-refractivity contribution in [3.63, 3.8) is 0 Å². The van der Waals surface area contributed by atoms with E-state index >= 15 is 0 Å². The molecular weight excluding hydrogens is 499 g/mol. The Morgan fingerprint density at radius 1 is 1.64 bits per heavy atom. The summed E-state index contributed by atoms with van der Waals surface area (Å²) in [6.07, 6.45) is 3.45. The maximum absolute atomic E-state index is 6.05. The molecule has 2 unspecified atom stereocenters. The molecule has 1 saturated carbocycles. The van der Waals surface area contributed by atoms with Gasteiger partial charge in [0.25, 0.3) is 0 Å². The van der Waals surface area contributed by atoms with Crippen molar-refractivity contribution < 1.29 is 40.4 Å². The average Bonchev–Trinajstić information content (AvgIpc) is 1.95. The van der Waals surface area contributed by atoms with E-state index < -0.39 is 0 Å². The molecule has 0 saturated heterocycles. The number of alkyl halides is 1. The van der Waals surface area contributed by atoms with Gasteiger partial charge in [0.05, 0.1) is 0 Å². The summed E-state index contributed by atoms with van der Waals surface area (Å²) in [5.41, 5.74) is 0.982. The van der Waals surface area contributed by atoms with Gasteiger partial charge in [-0.15, -0.1) is 0 Å². The summed E-state index contributed by atoms with van der Waals surface area (Å²) in [7, 11) is 0. The number of halogens is 1. The Balaban J connectivity index is 0.000001000. The topological polar surface area (TPSA) is 0 Å². The minimum atomic E-state index is 0. The molecule has 0 aliphatic heterocycles. The maximum Gasteiger partial charge on any atom is 0 e. The third kappa shape index (κ3) is 3.25. The van der Waals surface area contributed by atoms with E-state index in [4.69, 9.17) is 18.2 Å². The van der Waals surface area contributed by atoms with Crippen LogP contribution in [0.2, 0.25) is 0 Å². The molecule has 0 N–H and O–H groups in total. The van der Waals surface area contributed by atoms with Gasteiger partial charge in [-0.05, 0) is 0 Å². The first-order valence-electron chi connectivity index (χ1n) is 3.46. The Hall–Kier alpha value is 1.28. The first-order chi connectivity index (χ1) is 4.75. The van der Waals surface area contributed by atoms with E-state index in [1.807, 2.05) is 0 Å². The van der Waals surface area contributed by atoms with Gasteiger partial charge in [-0.1, -0.05) is 0 Å². The van der Waals surface area contributed by atoms with Gasteiger partial charge < -0.3 is 0 Å². The van der Waals surface area contributed by atoms with Crippen molar-refractivity contribution >= 4 is 16.0 Å². The molecule has 0 bridgehead atoms. The first-order valence-corrected chi connectivity index (χ1v) is 5.59. The fraction of sp³-hybridized carbons (Fsp3) is 0.625. The van der Waals surface area contributed by atoms with Crippen molar-refractivity contribution in [3.05, 3.63) is 12.2 Å². The summed E-state index contributed by atoms with van der Waals surface area (Å²) in [6.45, 7) is 5.72. The van der Waals surface area contributed by atoms with Crippen molar-refractivity contribution in [1.82, 2.24) is 0 Å². The molecule has 3 heteroatoms. The smallest absolute Gasteiger partial charge is 0 e. The normalized spacial score (nSPS) is 30.8. The summed E-state index contributed by atoms with van der Waals surface area (Å²) in [6, 6.07) is 0. The van der Waals surface area contributed by atoms with Crippen LogP contribution in [-0.2, 0) is 40.4 Å². The van der Waals surface area contributed by atoms with Gasteiger partial charge in [0.15, 0.2) is 0 Å². The molecule has 62 valence electrons. The number of rotatable bonds is 1. The van der Waals surface area contributed by atoms with Crippen molar-refractivity contribution in [3.8, 4) is 0 Å². The van der Waals surface area contributed by atoms with E-state index in [2.05, 4.69) is 4.40 Å². The minimum Gasteiger partial charge on any atom is 0 e. The predicted octanol–water partition coefficient (Wildman–Crippen LogP) is 2.10. The second-order valence-corrected chi connectivity index (χ2v) is 4.12. The largest absolute Gasteiger partial charge is 0 e. The quantitative estimate of drug-likeness (QED) is 0.376. The SMILES string of the molecule is [CH-]=C1CCCC([CH]=[W])C1Cl.[W]. The molecule has 0 aromatic rings.